The lowest BCUT2D eigenvalue weighted by atomic mass is 10.00. The fraction of sp³-hybridized carbons (Fsp3) is 0.667. The first-order chi connectivity index (χ1) is 10.3. The third-order valence-corrected chi connectivity index (χ3v) is 4.98. The van der Waals surface area contributed by atoms with Gasteiger partial charge < -0.3 is 10.1 Å². The van der Waals surface area contributed by atoms with Crippen LogP contribution >= 0.6 is 0 Å². The van der Waals surface area contributed by atoms with E-state index in [1.165, 1.54) is 24.9 Å². The molecule has 1 saturated heterocycles. The molecule has 2 aliphatic rings. The summed E-state index contributed by atoms with van der Waals surface area (Å²) in [6.45, 7) is 6.51. The smallest absolute Gasteiger partial charge is 0.0858 e. The van der Waals surface area contributed by atoms with Gasteiger partial charge in [0.2, 0.25) is 0 Å². The van der Waals surface area contributed by atoms with Crippen molar-refractivity contribution in [3.8, 4) is 0 Å². The number of likely N-dealkylation sites (N-methyl/N-ethyl adjacent to an activating group) is 1. The number of nitrogens with zero attached hydrogens (tertiary/aromatic N) is 1. The highest BCUT2D eigenvalue weighted by Crippen LogP contribution is 2.50. The highest BCUT2D eigenvalue weighted by atomic mass is 16.5. The summed E-state index contributed by atoms with van der Waals surface area (Å²) in [5.74, 6) is 1.44. The van der Waals surface area contributed by atoms with Gasteiger partial charge in [-0.05, 0) is 43.8 Å². The van der Waals surface area contributed by atoms with Crippen LogP contribution in [0.4, 0.5) is 0 Å². The summed E-state index contributed by atoms with van der Waals surface area (Å²) in [6.07, 6.45) is 2.87. The van der Waals surface area contributed by atoms with E-state index in [4.69, 9.17) is 4.74 Å². The lowest BCUT2D eigenvalue weighted by Crippen LogP contribution is -2.52. The van der Waals surface area contributed by atoms with Crippen molar-refractivity contribution in [2.24, 2.45) is 5.92 Å². The van der Waals surface area contributed by atoms with E-state index in [1.807, 2.05) is 0 Å². The topological polar surface area (TPSA) is 24.5 Å². The average Bonchev–Trinajstić information content (AvgIpc) is 3.30. The normalized spacial score (nSPS) is 31.0. The minimum atomic E-state index is 0.342. The molecule has 3 heteroatoms. The van der Waals surface area contributed by atoms with Crippen LogP contribution in [0, 0.1) is 5.92 Å². The molecular formula is C18H28N2O. The molecule has 1 heterocycles. The monoisotopic (exact) mass is 288 g/mol. The number of rotatable bonds is 6. The first-order valence-electron chi connectivity index (χ1n) is 8.39. The summed E-state index contributed by atoms with van der Waals surface area (Å²) < 4.78 is 6.09. The molecule has 1 N–H and O–H groups in total. The average molecular weight is 288 g/mol. The van der Waals surface area contributed by atoms with E-state index in [9.17, 15) is 0 Å². The number of hydrogen-bond donors (Lipinski definition) is 1. The fourth-order valence-electron chi connectivity index (χ4n) is 3.84. The van der Waals surface area contributed by atoms with Crippen molar-refractivity contribution in [2.75, 3.05) is 33.3 Å². The fourth-order valence-corrected chi connectivity index (χ4v) is 3.84. The second-order valence-corrected chi connectivity index (χ2v) is 6.44. The number of nitrogens with one attached hydrogen (secondary N) is 1. The molecular weight excluding hydrogens is 260 g/mol. The maximum Gasteiger partial charge on any atom is 0.0858 e. The summed E-state index contributed by atoms with van der Waals surface area (Å²) >= 11 is 0. The first kappa shape index (κ1) is 15.0. The maximum absolute atomic E-state index is 6.09. The third-order valence-electron chi connectivity index (χ3n) is 4.98. The second-order valence-electron chi connectivity index (χ2n) is 6.44. The Morgan fingerprint density at radius 1 is 1.33 bits per heavy atom. The molecule has 3 nitrogen and oxygen atoms in total. The molecule has 1 aliphatic heterocycles. The van der Waals surface area contributed by atoms with Crippen LogP contribution < -0.4 is 5.32 Å². The van der Waals surface area contributed by atoms with Gasteiger partial charge in [-0.2, -0.15) is 0 Å². The van der Waals surface area contributed by atoms with Gasteiger partial charge in [0.25, 0.3) is 0 Å². The zero-order valence-corrected chi connectivity index (χ0v) is 13.3. The van der Waals surface area contributed by atoms with E-state index in [2.05, 4.69) is 54.5 Å². The second kappa shape index (κ2) is 6.91. The van der Waals surface area contributed by atoms with E-state index in [1.54, 1.807) is 0 Å². The van der Waals surface area contributed by atoms with Gasteiger partial charge in [-0.25, -0.2) is 0 Å². The van der Waals surface area contributed by atoms with E-state index in [0.717, 1.165) is 25.6 Å². The summed E-state index contributed by atoms with van der Waals surface area (Å²) in [6, 6.07) is 11.4. The minimum Gasteiger partial charge on any atom is -0.374 e. The van der Waals surface area contributed by atoms with Crippen molar-refractivity contribution in [2.45, 2.75) is 37.8 Å². The molecule has 1 aromatic carbocycles. The molecule has 4 unspecified atom stereocenters. The largest absolute Gasteiger partial charge is 0.374 e. The highest BCUT2D eigenvalue weighted by molar-refractivity contribution is 5.27. The molecule has 116 valence electrons. The van der Waals surface area contributed by atoms with Gasteiger partial charge in [0.15, 0.2) is 0 Å². The molecule has 3 rings (SSSR count). The molecule has 0 amide bonds. The summed E-state index contributed by atoms with van der Waals surface area (Å²) in [5, 5.41) is 3.54. The predicted molar refractivity (Wildman–Crippen MR) is 86.6 cm³/mol. The molecule has 0 spiro atoms. The molecule has 2 fully saturated rings. The van der Waals surface area contributed by atoms with Gasteiger partial charge in [0.05, 0.1) is 12.7 Å². The summed E-state index contributed by atoms with van der Waals surface area (Å²) in [5.41, 5.74) is 1.49. The van der Waals surface area contributed by atoms with Crippen LogP contribution in [-0.4, -0.2) is 50.3 Å². The lowest BCUT2D eigenvalue weighted by molar-refractivity contribution is -0.0490. The van der Waals surface area contributed by atoms with Crippen molar-refractivity contribution in [1.29, 1.82) is 0 Å². The number of benzene rings is 1. The minimum absolute atomic E-state index is 0.342. The Balaban J connectivity index is 1.61. The Morgan fingerprint density at radius 2 is 2.14 bits per heavy atom. The van der Waals surface area contributed by atoms with Gasteiger partial charge in [-0.1, -0.05) is 37.3 Å². The maximum atomic E-state index is 6.09. The van der Waals surface area contributed by atoms with Crippen LogP contribution in [0.25, 0.3) is 0 Å². The van der Waals surface area contributed by atoms with Crippen LogP contribution in [0.5, 0.6) is 0 Å². The van der Waals surface area contributed by atoms with Gasteiger partial charge >= 0.3 is 0 Å². The number of hydrogen-bond acceptors (Lipinski definition) is 3. The Hall–Kier alpha value is -0.900. The van der Waals surface area contributed by atoms with E-state index in [-0.39, 0.29) is 0 Å². The van der Waals surface area contributed by atoms with Crippen molar-refractivity contribution in [3.05, 3.63) is 35.9 Å². The molecule has 0 radical (unpaired) electrons. The van der Waals surface area contributed by atoms with Crippen LogP contribution in [-0.2, 0) is 4.74 Å². The van der Waals surface area contributed by atoms with Crippen LogP contribution in [0.15, 0.2) is 30.3 Å². The Labute approximate surface area is 128 Å². The SMILES string of the molecule is CCCN1CCOC(C(NC)C2CC2c2ccccc2)C1. The molecule has 0 aromatic heterocycles. The molecule has 21 heavy (non-hydrogen) atoms. The number of morpholine rings is 1. The molecule has 4 atom stereocenters. The van der Waals surface area contributed by atoms with Crippen molar-refractivity contribution in [3.63, 3.8) is 0 Å². The van der Waals surface area contributed by atoms with Gasteiger partial charge in [0, 0.05) is 19.1 Å². The molecule has 1 saturated carbocycles. The van der Waals surface area contributed by atoms with E-state index >= 15 is 0 Å². The Bertz CT molecular complexity index is 434. The Kier molecular flexibility index (Phi) is 4.94. The van der Waals surface area contributed by atoms with E-state index < -0.39 is 0 Å². The lowest BCUT2D eigenvalue weighted by Gasteiger charge is -2.37. The standard InChI is InChI=1S/C18H28N2O/c1-3-9-20-10-11-21-17(13-20)18(19-2)16-12-15(16)14-7-5-4-6-8-14/h4-8,15-19H,3,9-13H2,1-2H3. The first-order valence-corrected chi connectivity index (χ1v) is 8.39. The third kappa shape index (κ3) is 3.47. The summed E-state index contributed by atoms with van der Waals surface area (Å²) in [7, 11) is 2.09. The zero-order chi connectivity index (χ0) is 14.7. The molecule has 1 aromatic rings. The molecule has 1 aliphatic carbocycles. The van der Waals surface area contributed by atoms with Gasteiger partial charge in [0.1, 0.15) is 0 Å². The van der Waals surface area contributed by atoms with Crippen LogP contribution in [0.1, 0.15) is 31.2 Å². The van der Waals surface area contributed by atoms with Crippen molar-refractivity contribution < 1.29 is 4.74 Å². The van der Waals surface area contributed by atoms with Crippen molar-refractivity contribution in [1.82, 2.24) is 10.2 Å². The number of ether oxygens (including phenoxy) is 1. The quantitative estimate of drug-likeness (QED) is 0.870. The zero-order valence-electron chi connectivity index (χ0n) is 13.3. The Morgan fingerprint density at radius 3 is 2.86 bits per heavy atom. The van der Waals surface area contributed by atoms with E-state index in [0.29, 0.717) is 18.1 Å². The predicted octanol–water partition coefficient (Wildman–Crippen LogP) is 2.49. The summed E-state index contributed by atoms with van der Waals surface area (Å²) in [4.78, 5) is 2.55. The highest BCUT2D eigenvalue weighted by Gasteiger charge is 2.47. The van der Waals surface area contributed by atoms with Crippen LogP contribution in [0.2, 0.25) is 0 Å². The van der Waals surface area contributed by atoms with Gasteiger partial charge in [-0.15, -0.1) is 0 Å². The molecule has 0 bridgehead atoms. The van der Waals surface area contributed by atoms with Crippen molar-refractivity contribution >= 4 is 0 Å². The van der Waals surface area contributed by atoms with Crippen LogP contribution in [0.3, 0.4) is 0 Å². The van der Waals surface area contributed by atoms with Gasteiger partial charge in [-0.3, -0.25) is 4.90 Å².